The van der Waals surface area contributed by atoms with E-state index >= 15 is 24.0 Å². The van der Waals surface area contributed by atoms with Crippen LogP contribution in [0.15, 0.2) is 121 Å². The number of methoxy groups -OCH3 is 2. The van der Waals surface area contributed by atoms with Crippen molar-refractivity contribution in [3.05, 3.63) is 149 Å². The fourth-order valence-electron chi connectivity index (χ4n) is 13.7. The Balaban J connectivity index is 1.05. The predicted molar refractivity (Wildman–Crippen MR) is 387 cm³/mol. The van der Waals surface area contributed by atoms with Crippen molar-refractivity contribution in [1.29, 1.82) is 0 Å². The number of hydrogen-bond acceptors (Lipinski definition) is 14. The Kier molecular flexibility index (Phi) is 26.6. The van der Waals surface area contributed by atoms with E-state index in [0.29, 0.717) is 60.7 Å². The summed E-state index contributed by atoms with van der Waals surface area (Å²) in [6, 6.07) is 26.8. The molecule has 4 unspecified atom stereocenters. The van der Waals surface area contributed by atoms with Crippen LogP contribution in [0.2, 0.25) is 0 Å². The van der Waals surface area contributed by atoms with Gasteiger partial charge < -0.3 is 66.0 Å². The Morgan fingerprint density at radius 2 is 1.31 bits per heavy atom. The molecule has 0 saturated carbocycles. The minimum atomic E-state index is -1.40. The van der Waals surface area contributed by atoms with Crippen LogP contribution in [0.4, 0.5) is 0 Å². The number of thioether (sulfide) groups is 2. The van der Waals surface area contributed by atoms with E-state index in [1.54, 1.807) is 43.0 Å². The van der Waals surface area contributed by atoms with Crippen molar-refractivity contribution >= 4 is 104 Å². The number of amides is 10. The number of likely N-dealkylation sites (N-methyl/N-ethyl adjacent to an activating group) is 2. The molecule has 0 spiro atoms. The summed E-state index contributed by atoms with van der Waals surface area (Å²) < 4.78 is 13.2. The van der Waals surface area contributed by atoms with Crippen LogP contribution in [0.3, 0.4) is 0 Å². The highest BCUT2D eigenvalue weighted by molar-refractivity contribution is 7.98. The number of ether oxygens (including phenoxy) is 2. The molecule has 2 fully saturated rings. The van der Waals surface area contributed by atoms with Crippen LogP contribution in [-0.4, -0.2) is 197 Å². The summed E-state index contributed by atoms with van der Waals surface area (Å²) in [6.45, 7) is 5.13. The average Bonchev–Trinajstić information content (AvgIpc) is 1.63. The van der Waals surface area contributed by atoms with Crippen molar-refractivity contribution in [2.45, 2.75) is 151 Å². The topological polar surface area (TPSA) is 293 Å². The summed E-state index contributed by atoms with van der Waals surface area (Å²) in [4.78, 5) is 152. The van der Waals surface area contributed by atoms with Crippen molar-refractivity contribution in [2.75, 3.05) is 59.5 Å². The zero-order valence-electron chi connectivity index (χ0n) is 58.4. The van der Waals surface area contributed by atoms with Gasteiger partial charge in [0.25, 0.3) is 0 Å². The number of rotatable bonds is 13. The largest absolute Gasteiger partial charge is 0.497 e. The first kappa shape index (κ1) is 75.3. The van der Waals surface area contributed by atoms with Crippen LogP contribution in [0.25, 0.3) is 21.7 Å². The number of nitrogens with zero attached hydrogens (tertiary/aromatic N) is 5. The van der Waals surface area contributed by atoms with E-state index in [2.05, 4.69) is 26.6 Å². The van der Waals surface area contributed by atoms with Gasteiger partial charge in [0.05, 0.1) is 19.8 Å². The smallest absolute Gasteiger partial charge is 0.246 e. The van der Waals surface area contributed by atoms with Gasteiger partial charge in [-0.1, -0.05) is 117 Å². The second-order valence-electron chi connectivity index (χ2n) is 26.5. The minimum Gasteiger partial charge on any atom is -0.497 e. The molecule has 10 amide bonds. The van der Waals surface area contributed by atoms with E-state index in [0.717, 1.165) is 43.9 Å². The van der Waals surface area contributed by atoms with Gasteiger partial charge in [-0.25, -0.2) is 0 Å². The zero-order chi connectivity index (χ0) is 71.7. The minimum absolute atomic E-state index is 0.0348. The molecule has 4 heterocycles. The van der Waals surface area contributed by atoms with Gasteiger partial charge in [0.1, 0.15) is 54.1 Å². The van der Waals surface area contributed by atoms with Gasteiger partial charge in [0.2, 0.25) is 59.1 Å². The van der Waals surface area contributed by atoms with E-state index in [9.17, 15) is 24.0 Å². The Bertz CT molecular complexity index is 3930. The van der Waals surface area contributed by atoms with Crippen molar-refractivity contribution < 1.29 is 57.4 Å². The number of primary amides is 1. The maximum Gasteiger partial charge on any atom is 0.246 e. The molecule has 25 heteroatoms. The third kappa shape index (κ3) is 19.1. The van der Waals surface area contributed by atoms with Crippen LogP contribution >= 0.6 is 23.5 Å². The highest BCUT2D eigenvalue weighted by atomic mass is 32.2. The average molecular weight is 1410 g/mol. The quantitative estimate of drug-likeness (QED) is 0.0823. The maximum atomic E-state index is 15.8. The zero-order valence-corrected chi connectivity index (χ0v) is 60.0. The molecule has 0 aliphatic carbocycles. The molecule has 0 radical (unpaired) electrons. The highest BCUT2D eigenvalue weighted by Crippen LogP contribution is 2.31. The molecule has 2 saturated heterocycles. The standard InChI is InChI=1S/C75H95N11O12S2/c1-9-16-58-72(93)83(5)42-65(88)77-57(31-27-48-24-28-52-19-10-11-20-53(52)38-48)69(90)79-60(40-54-41-82(4)62-22-13-12-21-56(54)62)74(95)86-35-32-46(2)66(86)75(96)84(6)67(47(3)97-7)71(92)80-59(39-49-25-29-55(98-8)30-26-49)73(94)85-34-15-23-63(85)70(91)81-61(68(76)89)45-100-44-51-18-14-17-50(37-51)43-99-36-33-64(87)78-58/h10-14,17-22,24-26,28-30,37-38,41,46-47,57-61,63,66-67H,9,15-16,23,27,31-36,39-40,42-45H2,1-8H3,(H2,76,89)(H,77,88)(H,78,87)(H,79,90)(H,80,92)(H,81,91)/t46?,47-,57+,58?,59+,60+,61+,63+,66?,67?/m1/s1. The fourth-order valence-corrected chi connectivity index (χ4v) is 15.6. The molecule has 23 nitrogen and oxygen atoms in total. The van der Waals surface area contributed by atoms with Crippen molar-refractivity contribution in [3.63, 3.8) is 0 Å². The molecule has 100 heavy (non-hydrogen) atoms. The molecule has 3 aliphatic heterocycles. The summed E-state index contributed by atoms with van der Waals surface area (Å²) in [5, 5.41) is 17.5. The van der Waals surface area contributed by atoms with Gasteiger partial charge in [0.15, 0.2) is 0 Å². The van der Waals surface area contributed by atoms with Gasteiger partial charge in [-0.3, -0.25) is 47.9 Å². The number of hydrogen-bond donors (Lipinski definition) is 6. The summed E-state index contributed by atoms with van der Waals surface area (Å²) in [6.07, 6.45) is 3.25. The highest BCUT2D eigenvalue weighted by Gasteiger charge is 2.47. The Morgan fingerprint density at radius 3 is 2.03 bits per heavy atom. The van der Waals surface area contributed by atoms with E-state index in [-0.39, 0.29) is 56.9 Å². The number of para-hydroxylation sites is 1. The van der Waals surface area contributed by atoms with Gasteiger partial charge in [-0.15, -0.1) is 0 Å². The molecule has 1 aromatic heterocycles. The van der Waals surface area contributed by atoms with Gasteiger partial charge in [-0.05, 0) is 108 Å². The lowest BCUT2D eigenvalue weighted by atomic mass is 9.98. The molecular weight excluding hydrogens is 1310 g/mol. The third-order valence-electron chi connectivity index (χ3n) is 19.3. The number of carbonyl (C=O) groups is 10. The predicted octanol–water partition coefficient (Wildman–Crippen LogP) is 5.59. The molecule has 5 aromatic carbocycles. The normalized spacial score (nSPS) is 24.0. The van der Waals surface area contributed by atoms with E-state index in [1.165, 1.54) is 59.7 Å². The molecule has 7 N–H and O–H groups in total. The molecular formula is C75H95N11O12S2. The lowest BCUT2D eigenvalue weighted by Crippen LogP contribution is -2.62. The molecule has 2 bridgehead atoms. The SMILES string of the molecule is CCCC1NC(=O)CCSCc2cccc(c2)CSC[C@@H](C(N)=O)NC(=O)[C@@H]2CCCN2C(=O)[C@H](Cc2ccc(OC)cc2)NC(=O)C([C@@H](C)OC)N(C)C(=O)C2C(C)CCN2C(=O)[C@H](Cc2cn(C)c3ccccc23)NC(=O)[C@H](CCc2ccc3ccccc3c2)NC(=O)CN(C)C1=O. The lowest BCUT2D eigenvalue weighted by molar-refractivity contribution is -0.152. The van der Waals surface area contributed by atoms with E-state index in [1.807, 2.05) is 123 Å². The summed E-state index contributed by atoms with van der Waals surface area (Å²) in [5.74, 6) is -4.34. The molecule has 3 aliphatic rings. The van der Waals surface area contributed by atoms with E-state index < -0.39 is 120 Å². The summed E-state index contributed by atoms with van der Waals surface area (Å²) >= 11 is 2.94. The van der Waals surface area contributed by atoms with Crippen LogP contribution in [0.5, 0.6) is 5.75 Å². The molecule has 6 aromatic rings. The molecule has 10 atom stereocenters. The number of fused-ring (bicyclic) bond motifs is 6. The second-order valence-corrected chi connectivity index (χ2v) is 28.6. The number of nitrogens with two attached hydrogens (primary N) is 1. The van der Waals surface area contributed by atoms with Crippen molar-refractivity contribution in [1.82, 2.24) is 50.8 Å². The third-order valence-corrected chi connectivity index (χ3v) is 21.4. The van der Waals surface area contributed by atoms with Crippen LogP contribution < -0.4 is 37.1 Å². The monoisotopic (exact) mass is 1410 g/mol. The lowest BCUT2D eigenvalue weighted by Gasteiger charge is -2.37. The summed E-state index contributed by atoms with van der Waals surface area (Å²) in [7, 11) is 7.71. The number of aryl methyl sites for hydroxylation is 2. The molecule has 534 valence electrons. The maximum absolute atomic E-state index is 15.8. The Labute approximate surface area is 593 Å². The van der Waals surface area contributed by atoms with Crippen LogP contribution in [-0.2, 0) is 90.5 Å². The number of carbonyl (C=O) groups excluding carboxylic acids is 10. The van der Waals surface area contributed by atoms with Crippen LogP contribution in [0.1, 0.15) is 93.5 Å². The van der Waals surface area contributed by atoms with Gasteiger partial charge in [-0.2, -0.15) is 23.5 Å². The van der Waals surface area contributed by atoms with Gasteiger partial charge in [0, 0.05) is 101 Å². The number of benzene rings is 5. The Morgan fingerprint density at radius 1 is 0.640 bits per heavy atom. The van der Waals surface area contributed by atoms with Crippen LogP contribution in [0, 0.1) is 5.92 Å². The fraction of sp³-hybridized carbons (Fsp3) is 0.467. The molecule has 9 rings (SSSR count). The van der Waals surface area contributed by atoms with Crippen molar-refractivity contribution in [3.8, 4) is 5.75 Å². The van der Waals surface area contributed by atoms with Crippen molar-refractivity contribution in [2.24, 2.45) is 18.7 Å². The Hall–Kier alpha value is -8.94. The first-order chi connectivity index (χ1) is 48.0. The number of nitrogens with one attached hydrogen (secondary N) is 5. The first-order valence-electron chi connectivity index (χ1n) is 34.4. The summed E-state index contributed by atoms with van der Waals surface area (Å²) in [5.41, 5.74) is 11.0. The van der Waals surface area contributed by atoms with Gasteiger partial charge >= 0.3 is 0 Å². The second kappa shape index (κ2) is 35.4. The first-order valence-corrected chi connectivity index (χ1v) is 36.7. The van der Waals surface area contributed by atoms with E-state index in [4.69, 9.17) is 15.2 Å². The number of aromatic nitrogens is 1.